The highest BCUT2D eigenvalue weighted by molar-refractivity contribution is 9.10. The van der Waals surface area contributed by atoms with E-state index in [2.05, 4.69) is 33.1 Å². The lowest BCUT2D eigenvalue weighted by Gasteiger charge is -2.36. The summed E-state index contributed by atoms with van der Waals surface area (Å²) in [4.78, 5) is 2.55. The van der Waals surface area contributed by atoms with Crippen molar-refractivity contribution in [2.24, 2.45) is 0 Å². The molecule has 6 heteroatoms. The monoisotopic (exact) mass is 412 g/mol. The predicted molar refractivity (Wildman–Crippen MR) is 102 cm³/mol. The van der Waals surface area contributed by atoms with Crippen molar-refractivity contribution in [3.8, 4) is 5.75 Å². The third kappa shape index (κ3) is 6.25. The van der Waals surface area contributed by atoms with Gasteiger partial charge in [0, 0.05) is 36.7 Å². The van der Waals surface area contributed by atoms with Crippen molar-refractivity contribution in [1.29, 1.82) is 0 Å². The predicted octanol–water partition coefficient (Wildman–Crippen LogP) is 4.52. The second kappa shape index (κ2) is 11.5. The Bertz CT molecular complexity index is 429. The molecular formula is C16H27BrCl2N2O. The zero-order valence-electron chi connectivity index (χ0n) is 13.1. The topological polar surface area (TPSA) is 35.5 Å². The fourth-order valence-corrected chi connectivity index (χ4v) is 3.41. The first-order valence-corrected chi connectivity index (χ1v) is 8.45. The van der Waals surface area contributed by atoms with Gasteiger partial charge in [0.15, 0.2) is 0 Å². The van der Waals surface area contributed by atoms with Gasteiger partial charge in [-0.2, -0.15) is 0 Å². The molecule has 0 bridgehead atoms. The summed E-state index contributed by atoms with van der Waals surface area (Å²) in [7, 11) is 0. The number of phenolic OH excluding ortho intramolecular Hbond substituents is 1. The standard InChI is InChI=1S/C16H25BrN2O.2ClH/c1-2-3-4-5-16(19-10-8-18-9-11-19)14-12-13(20)6-7-15(14)17;;/h6-7,12,16,18,20H,2-5,8-11H2,1H3;2*1H/t16-;;/m0../s1. The molecule has 0 aliphatic carbocycles. The van der Waals surface area contributed by atoms with E-state index in [9.17, 15) is 5.11 Å². The van der Waals surface area contributed by atoms with Crippen LogP contribution in [-0.4, -0.2) is 36.2 Å². The number of halogens is 3. The van der Waals surface area contributed by atoms with Gasteiger partial charge >= 0.3 is 0 Å². The molecule has 2 rings (SSSR count). The zero-order chi connectivity index (χ0) is 14.4. The van der Waals surface area contributed by atoms with E-state index in [1.165, 1.54) is 24.8 Å². The SMILES string of the molecule is CCCCC[C@@H](c1cc(O)ccc1Br)N1CCNCC1.Cl.Cl. The summed E-state index contributed by atoms with van der Waals surface area (Å²) in [6.45, 7) is 6.52. The van der Waals surface area contributed by atoms with Gasteiger partial charge in [0.05, 0.1) is 0 Å². The molecule has 1 atom stereocenters. The number of nitrogens with one attached hydrogen (secondary N) is 1. The molecule has 0 radical (unpaired) electrons. The van der Waals surface area contributed by atoms with Crippen LogP contribution in [0.5, 0.6) is 5.75 Å². The quantitative estimate of drug-likeness (QED) is 0.672. The third-order valence-electron chi connectivity index (χ3n) is 4.01. The molecule has 0 saturated carbocycles. The number of hydrogen-bond donors (Lipinski definition) is 2. The van der Waals surface area contributed by atoms with Crippen LogP contribution in [0, 0.1) is 0 Å². The maximum Gasteiger partial charge on any atom is 0.115 e. The van der Waals surface area contributed by atoms with E-state index < -0.39 is 0 Å². The van der Waals surface area contributed by atoms with Crippen LogP contribution in [0.2, 0.25) is 0 Å². The minimum absolute atomic E-state index is 0. The summed E-state index contributed by atoms with van der Waals surface area (Å²) in [5, 5.41) is 13.2. The van der Waals surface area contributed by atoms with Crippen LogP contribution in [0.25, 0.3) is 0 Å². The molecule has 128 valence electrons. The van der Waals surface area contributed by atoms with Gasteiger partial charge in [-0.1, -0.05) is 42.1 Å². The summed E-state index contributed by atoms with van der Waals surface area (Å²) in [6.07, 6.45) is 4.93. The lowest BCUT2D eigenvalue weighted by atomic mass is 9.98. The first-order chi connectivity index (χ1) is 9.72. The average molecular weight is 414 g/mol. The molecule has 2 N–H and O–H groups in total. The smallest absolute Gasteiger partial charge is 0.115 e. The van der Waals surface area contributed by atoms with Gasteiger partial charge in [0.1, 0.15) is 5.75 Å². The van der Waals surface area contributed by atoms with E-state index in [0.717, 1.165) is 37.1 Å². The molecule has 0 amide bonds. The van der Waals surface area contributed by atoms with Crippen molar-refractivity contribution >= 4 is 40.7 Å². The first kappa shape index (κ1) is 22.0. The van der Waals surface area contributed by atoms with Gasteiger partial charge in [0.2, 0.25) is 0 Å². The van der Waals surface area contributed by atoms with E-state index in [1.54, 1.807) is 6.07 Å². The number of hydrogen-bond acceptors (Lipinski definition) is 3. The molecule has 0 aromatic heterocycles. The van der Waals surface area contributed by atoms with Gasteiger partial charge in [-0.15, -0.1) is 24.8 Å². The Morgan fingerprint density at radius 3 is 2.55 bits per heavy atom. The Morgan fingerprint density at radius 2 is 1.91 bits per heavy atom. The minimum Gasteiger partial charge on any atom is -0.508 e. The molecule has 1 fully saturated rings. The second-order valence-electron chi connectivity index (χ2n) is 5.50. The summed E-state index contributed by atoms with van der Waals surface area (Å²) in [5.41, 5.74) is 1.23. The van der Waals surface area contributed by atoms with Gasteiger partial charge in [-0.05, 0) is 30.2 Å². The third-order valence-corrected chi connectivity index (χ3v) is 4.73. The normalized spacial score (nSPS) is 16.5. The van der Waals surface area contributed by atoms with Crippen LogP contribution in [0.15, 0.2) is 22.7 Å². The first-order valence-electron chi connectivity index (χ1n) is 7.65. The number of nitrogens with zero attached hydrogens (tertiary/aromatic N) is 1. The lowest BCUT2D eigenvalue weighted by molar-refractivity contribution is 0.162. The van der Waals surface area contributed by atoms with Crippen molar-refractivity contribution < 1.29 is 5.11 Å². The molecule has 1 aliphatic rings. The van der Waals surface area contributed by atoms with Crippen LogP contribution in [-0.2, 0) is 0 Å². The number of benzene rings is 1. The Morgan fingerprint density at radius 1 is 1.23 bits per heavy atom. The fourth-order valence-electron chi connectivity index (χ4n) is 2.90. The molecular weight excluding hydrogens is 387 g/mol. The summed E-state index contributed by atoms with van der Waals surface area (Å²) < 4.78 is 1.11. The zero-order valence-corrected chi connectivity index (χ0v) is 16.3. The van der Waals surface area contributed by atoms with Crippen molar-refractivity contribution in [3.05, 3.63) is 28.2 Å². The molecule has 0 unspecified atom stereocenters. The van der Waals surface area contributed by atoms with Crippen molar-refractivity contribution in [2.75, 3.05) is 26.2 Å². The maximum atomic E-state index is 9.80. The van der Waals surface area contributed by atoms with E-state index in [0.29, 0.717) is 11.8 Å². The average Bonchev–Trinajstić information content (AvgIpc) is 2.48. The summed E-state index contributed by atoms with van der Waals surface area (Å²) >= 11 is 3.65. The Hall–Kier alpha value is -0.000000000000000222. The van der Waals surface area contributed by atoms with Gasteiger partial charge < -0.3 is 10.4 Å². The highest BCUT2D eigenvalue weighted by atomic mass is 79.9. The van der Waals surface area contributed by atoms with Crippen LogP contribution in [0.4, 0.5) is 0 Å². The fraction of sp³-hybridized carbons (Fsp3) is 0.625. The second-order valence-corrected chi connectivity index (χ2v) is 6.36. The number of piperazine rings is 1. The van der Waals surface area contributed by atoms with Crippen molar-refractivity contribution in [3.63, 3.8) is 0 Å². The van der Waals surface area contributed by atoms with Crippen molar-refractivity contribution in [2.45, 2.75) is 38.6 Å². The van der Waals surface area contributed by atoms with E-state index in [1.807, 2.05) is 12.1 Å². The molecule has 1 aromatic carbocycles. The Kier molecular flexibility index (Phi) is 11.5. The van der Waals surface area contributed by atoms with Gasteiger partial charge in [0.25, 0.3) is 0 Å². The molecule has 22 heavy (non-hydrogen) atoms. The summed E-state index contributed by atoms with van der Waals surface area (Å²) in [6, 6.07) is 6.03. The molecule has 1 aromatic rings. The van der Waals surface area contributed by atoms with Crippen LogP contribution in [0.1, 0.15) is 44.2 Å². The van der Waals surface area contributed by atoms with Crippen LogP contribution < -0.4 is 5.32 Å². The highest BCUT2D eigenvalue weighted by Gasteiger charge is 2.23. The van der Waals surface area contributed by atoms with E-state index >= 15 is 0 Å². The Balaban J connectivity index is 0.00000220. The van der Waals surface area contributed by atoms with Gasteiger partial charge in [-0.3, -0.25) is 4.90 Å². The largest absolute Gasteiger partial charge is 0.508 e. The molecule has 3 nitrogen and oxygen atoms in total. The molecule has 0 spiro atoms. The lowest BCUT2D eigenvalue weighted by Crippen LogP contribution is -2.45. The molecule has 1 heterocycles. The Labute approximate surface area is 154 Å². The van der Waals surface area contributed by atoms with Gasteiger partial charge in [-0.25, -0.2) is 0 Å². The van der Waals surface area contributed by atoms with Crippen LogP contribution >= 0.6 is 40.7 Å². The summed E-state index contributed by atoms with van der Waals surface area (Å²) in [5.74, 6) is 0.360. The molecule has 1 aliphatic heterocycles. The minimum atomic E-state index is 0. The maximum absolute atomic E-state index is 9.80. The van der Waals surface area contributed by atoms with E-state index in [-0.39, 0.29) is 24.8 Å². The number of rotatable bonds is 6. The number of unbranched alkanes of at least 4 members (excludes halogenated alkanes) is 2. The van der Waals surface area contributed by atoms with Crippen LogP contribution in [0.3, 0.4) is 0 Å². The van der Waals surface area contributed by atoms with Crippen molar-refractivity contribution in [1.82, 2.24) is 10.2 Å². The highest BCUT2D eigenvalue weighted by Crippen LogP contribution is 2.34. The molecule has 1 saturated heterocycles. The number of aromatic hydroxyl groups is 1. The van der Waals surface area contributed by atoms with E-state index in [4.69, 9.17) is 0 Å². The number of phenols is 1.